The summed E-state index contributed by atoms with van der Waals surface area (Å²) in [6.07, 6.45) is -4.03. The predicted molar refractivity (Wildman–Crippen MR) is 86.0 cm³/mol. The number of rotatable bonds is 4. The maximum atomic E-state index is 10.2. The van der Waals surface area contributed by atoms with Gasteiger partial charge in [-0.2, -0.15) is 0 Å². The van der Waals surface area contributed by atoms with Gasteiger partial charge in [-0.3, -0.25) is 0 Å². The molecule has 8 heteroatoms. The van der Waals surface area contributed by atoms with Crippen LogP contribution < -0.4 is 0 Å². The van der Waals surface area contributed by atoms with Crippen LogP contribution in [0.4, 0.5) is 0 Å². The summed E-state index contributed by atoms with van der Waals surface area (Å²) in [6.45, 7) is 1.66. The molecule has 5 atom stereocenters. The summed E-state index contributed by atoms with van der Waals surface area (Å²) in [4.78, 5) is 0. The molecule has 3 rings (SSSR count). The molecule has 5 nitrogen and oxygen atoms in total. The van der Waals surface area contributed by atoms with Crippen molar-refractivity contribution in [3.05, 3.63) is 48.0 Å². The van der Waals surface area contributed by atoms with Gasteiger partial charge in [-0.25, -0.2) is 0 Å². The van der Waals surface area contributed by atoms with E-state index in [0.29, 0.717) is 0 Å². The van der Waals surface area contributed by atoms with Gasteiger partial charge >= 0.3 is 0 Å². The normalized spacial score (nSPS) is 27.8. The van der Waals surface area contributed by atoms with Crippen LogP contribution >= 0.6 is 0 Å². The largest absolute Gasteiger partial charge is 0.394 e. The van der Waals surface area contributed by atoms with Crippen LogP contribution in [0.3, 0.4) is 0 Å². The molecule has 2 aromatic carbocycles. The van der Waals surface area contributed by atoms with Gasteiger partial charge in [0.1, 0.15) is 24.4 Å². The molecule has 1 fully saturated rings. The number of fused-ring (bicyclic) bond motifs is 1. The Hall–Kier alpha value is 2.82. The fourth-order valence-corrected chi connectivity index (χ4v) is 2.99. The monoisotopic (exact) mass is 999 g/mol. The molecular weight excluding hydrogens is 977 g/mol. The van der Waals surface area contributed by atoms with Crippen LogP contribution in [-0.4, -0.2) is 52.4 Å². The van der Waals surface area contributed by atoms with Gasteiger partial charge in [0.05, 0.1) is 19.3 Å². The minimum absolute atomic E-state index is 0. The molecule has 133 valence electrons. The summed E-state index contributed by atoms with van der Waals surface area (Å²) in [6, 6.07) is 14.0. The number of aliphatic hydroxyl groups excluding tert-OH is 3. The topological polar surface area (TPSA) is 79.2 Å². The first-order valence-corrected chi connectivity index (χ1v) is 7.82. The first-order valence-electron chi connectivity index (χ1n) is 7.82. The average molecular weight is 999 g/mol. The molecule has 3 N–H and O–H groups in total. The van der Waals surface area contributed by atoms with Crippen molar-refractivity contribution >= 4 is 10.8 Å². The molecule has 0 bridgehead atoms. The summed E-state index contributed by atoms with van der Waals surface area (Å²) in [7, 11) is 0. The van der Waals surface area contributed by atoms with E-state index in [-0.39, 0.29) is 145 Å². The van der Waals surface area contributed by atoms with Crippen molar-refractivity contribution < 1.29 is 157 Å². The number of benzene rings is 2. The third kappa shape index (κ3) is 7.21. The van der Waals surface area contributed by atoms with Crippen molar-refractivity contribution in [1.29, 1.82) is 0 Å². The molecule has 1 aliphatic rings. The molecule has 0 spiro atoms. The van der Waals surface area contributed by atoms with Gasteiger partial charge in [0.25, 0.3) is 0 Å². The second kappa shape index (κ2) is 14.0. The second-order valence-corrected chi connectivity index (χ2v) is 6.00. The van der Waals surface area contributed by atoms with Crippen LogP contribution in [0.15, 0.2) is 42.5 Å². The average Bonchev–Trinajstić information content (AvgIpc) is 2.58. The van der Waals surface area contributed by atoms with Gasteiger partial charge in [-0.1, -0.05) is 36.4 Å². The number of ether oxygens (including phenoxy) is 2. The zero-order chi connectivity index (χ0) is 16.4. The molecule has 1 heterocycles. The maximum Gasteiger partial charge on any atom is 0.115 e. The van der Waals surface area contributed by atoms with Gasteiger partial charge in [-0.15, -0.1) is 0 Å². The minimum atomic E-state index is -1.06. The fourth-order valence-electron chi connectivity index (χ4n) is 2.99. The Labute approximate surface area is 261 Å². The molecule has 0 saturated carbocycles. The van der Waals surface area contributed by atoms with Crippen LogP contribution in [0, 0.1) is 132 Å². The van der Waals surface area contributed by atoms with E-state index in [0.717, 1.165) is 16.3 Å². The zero-order valence-electron chi connectivity index (χ0n) is 14.7. The Kier molecular flexibility index (Phi) is 15.5. The van der Waals surface area contributed by atoms with Gasteiger partial charge in [0.2, 0.25) is 0 Å². The first-order chi connectivity index (χ1) is 11.1. The van der Waals surface area contributed by atoms with Gasteiger partial charge in [0, 0.05) is 132 Å². The van der Waals surface area contributed by atoms with Crippen molar-refractivity contribution in [2.24, 2.45) is 0 Å². The van der Waals surface area contributed by atoms with E-state index in [1.54, 1.807) is 6.92 Å². The molecule has 1 aliphatic heterocycles. The van der Waals surface area contributed by atoms with E-state index in [1.807, 2.05) is 42.5 Å². The molecule has 2 aromatic rings. The van der Waals surface area contributed by atoms with Crippen molar-refractivity contribution in [2.75, 3.05) is 6.61 Å². The number of hydrogen-bond acceptors (Lipinski definition) is 5. The molecular formula is C18H22Ac3O5. The second-order valence-electron chi connectivity index (χ2n) is 6.00. The van der Waals surface area contributed by atoms with E-state index in [2.05, 4.69) is 0 Å². The van der Waals surface area contributed by atoms with Crippen LogP contribution in [0.1, 0.15) is 12.5 Å². The fraction of sp³-hybridized carbons (Fsp3) is 0.444. The summed E-state index contributed by atoms with van der Waals surface area (Å²) in [5.74, 6) is 0. The van der Waals surface area contributed by atoms with Crippen molar-refractivity contribution in [1.82, 2.24) is 0 Å². The zero-order valence-corrected chi connectivity index (χ0v) is 29.0. The molecule has 26 heavy (non-hydrogen) atoms. The maximum absolute atomic E-state index is 10.2. The standard InChI is InChI=1S/C18H22O5.3Ac/c1-11-16(20)18(17(21)15(9-19)23-11)22-10-12-6-7-13-4-2-3-5-14(13)8-12;;;/h2-8,11,15-21H,9-10H2,1H3;;;/t11-,15?,16?,17+,18+;;;/m0.../s1. The summed E-state index contributed by atoms with van der Waals surface area (Å²) < 4.78 is 11.1. The van der Waals surface area contributed by atoms with Crippen LogP contribution in [0.2, 0.25) is 0 Å². The van der Waals surface area contributed by atoms with Gasteiger partial charge in [0.15, 0.2) is 0 Å². The summed E-state index contributed by atoms with van der Waals surface area (Å²) >= 11 is 0. The third-order valence-electron chi connectivity index (χ3n) is 4.36. The molecule has 0 amide bonds. The van der Waals surface area contributed by atoms with Crippen LogP contribution in [-0.2, 0) is 16.1 Å². The van der Waals surface area contributed by atoms with Gasteiger partial charge in [-0.05, 0) is 29.3 Å². The molecule has 0 aromatic heterocycles. The minimum Gasteiger partial charge on any atom is -0.394 e. The molecule has 3 radical (unpaired) electrons. The SMILES string of the molecule is C[C@@H]1OC(CO)[C@@H](O)[C@H](OCc2ccc3ccccc3c2)C1O.[Ac].[Ac].[Ac]. The molecule has 1 saturated heterocycles. The van der Waals surface area contributed by atoms with E-state index in [1.165, 1.54) is 0 Å². The van der Waals surface area contributed by atoms with E-state index in [9.17, 15) is 15.3 Å². The summed E-state index contributed by atoms with van der Waals surface area (Å²) in [5.41, 5.74) is 0.961. The third-order valence-corrected chi connectivity index (χ3v) is 4.36. The van der Waals surface area contributed by atoms with E-state index >= 15 is 0 Å². The van der Waals surface area contributed by atoms with Crippen molar-refractivity contribution in [3.63, 3.8) is 0 Å². The molecule has 2 unspecified atom stereocenters. The Morgan fingerprint density at radius 3 is 2.27 bits per heavy atom. The van der Waals surface area contributed by atoms with Gasteiger partial charge < -0.3 is 24.8 Å². The van der Waals surface area contributed by atoms with E-state index in [4.69, 9.17) is 9.47 Å². The molecule has 0 aliphatic carbocycles. The smallest absolute Gasteiger partial charge is 0.115 e. The predicted octanol–water partition coefficient (Wildman–Crippen LogP) is 1.23. The van der Waals surface area contributed by atoms with Crippen LogP contribution in [0.5, 0.6) is 0 Å². The Morgan fingerprint density at radius 1 is 0.962 bits per heavy atom. The van der Waals surface area contributed by atoms with Crippen LogP contribution in [0.25, 0.3) is 10.8 Å². The Balaban J connectivity index is 0.00000208. The Bertz CT molecular complexity index is 672. The summed E-state index contributed by atoms with van der Waals surface area (Å²) in [5, 5.41) is 31.9. The number of hydrogen-bond donors (Lipinski definition) is 3. The Morgan fingerprint density at radius 2 is 1.62 bits per heavy atom. The number of aliphatic hydroxyl groups is 3. The van der Waals surface area contributed by atoms with Crippen molar-refractivity contribution in [3.8, 4) is 0 Å². The van der Waals surface area contributed by atoms with Crippen molar-refractivity contribution in [2.45, 2.75) is 44.1 Å². The quantitative estimate of drug-likeness (QED) is 0.431. The first kappa shape index (κ1) is 28.8. The van der Waals surface area contributed by atoms with E-state index < -0.39 is 30.5 Å².